The Bertz CT molecular complexity index is 461. The zero-order valence-corrected chi connectivity index (χ0v) is 12.9. The molecular formula is C15H26N4O. The van der Waals surface area contributed by atoms with Crippen LogP contribution in [0.15, 0.2) is 6.07 Å². The number of nitrogens with two attached hydrogens (primary N) is 1. The van der Waals surface area contributed by atoms with Crippen molar-refractivity contribution in [3.63, 3.8) is 0 Å². The van der Waals surface area contributed by atoms with Crippen LogP contribution in [-0.2, 0) is 11.3 Å². The molecule has 0 radical (unpaired) electrons. The third-order valence-electron chi connectivity index (χ3n) is 3.84. The average molecular weight is 278 g/mol. The van der Waals surface area contributed by atoms with E-state index < -0.39 is 0 Å². The topological polar surface area (TPSA) is 73.1 Å². The molecule has 1 aromatic heterocycles. The Morgan fingerprint density at radius 1 is 1.40 bits per heavy atom. The lowest BCUT2D eigenvalue weighted by atomic mass is 9.71. The van der Waals surface area contributed by atoms with E-state index in [1.807, 2.05) is 13.0 Å². The molecule has 2 unspecified atom stereocenters. The van der Waals surface area contributed by atoms with E-state index >= 15 is 0 Å². The van der Waals surface area contributed by atoms with Gasteiger partial charge in [0.2, 0.25) is 0 Å². The summed E-state index contributed by atoms with van der Waals surface area (Å²) in [6, 6.07) is 1.81. The van der Waals surface area contributed by atoms with E-state index in [4.69, 9.17) is 10.6 Å². The third-order valence-corrected chi connectivity index (χ3v) is 3.84. The number of nitrogens with one attached hydrogen (secondary N) is 1. The minimum Gasteiger partial charge on any atom is -0.370 e. The van der Waals surface area contributed by atoms with Crippen LogP contribution in [0.5, 0.6) is 0 Å². The fourth-order valence-corrected chi connectivity index (χ4v) is 3.35. The lowest BCUT2D eigenvalue weighted by Gasteiger charge is -2.38. The molecule has 112 valence electrons. The van der Waals surface area contributed by atoms with Gasteiger partial charge in [0.25, 0.3) is 0 Å². The lowest BCUT2D eigenvalue weighted by Crippen LogP contribution is -2.32. The van der Waals surface area contributed by atoms with E-state index in [1.54, 1.807) is 0 Å². The van der Waals surface area contributed by atoms with Crippen LogP contribution >= 0.6 is 0 Å². The van der Waals surface area contributed by atoms with Gasteiger partial charge in [-0.2, -0.15) is 0 Å². The van der Waals surface area contributed by atoms with Crippen LogP contribution in [0.4, 0.5) is 5.82 Å². The van der Waals surface area contributed by atoms with Gasteiger partial charge in [-0.15, -0.1) is 0 Å². The Balaban J connectivity index is 1.96. The smallest absolute Gasteiger partial charge is 0.156 e. The van der Waals surface area contributed by atoms with E-state index in [-0.39, 0.29) is 0 Å². The van der Waals surface area contributed by atoms with E-state index in [2.05, 4.69) is 36.2 Å². The molecule has 0 bridgehead atoms. The van der Waals surface area contributed by atoms with Crippen molar-refractivity contribution in [2.45, 2.75) is 59.7 Å². The summed E-state index contributed by atoms with van der Waals surface area (Å²) in [6.07, 6.45) is 3.80. The van der Waals surface area contributed by atoms with Gasteiger partial charge in [0, 0.05) is 11.8 Å². The first-order chi connectivity index (χ1) is 9.38. The molecule has 0 amide bonds. The quantitative estimate of drug-likeness (QED) is 0.654. The zero-order chi connectivity index (χ0) is 14.8. The minimum atomic E-state index is 0.298. The number of aromatic nitrogens is 2. The molecule has 0 aromatic carbocycles. The highest BCUT2D eigenvalue weighted by Crippen LogP contribution is 2.39. The Hall–Kier alpha value is -1.20. The molecule has 0 saturated heterocycles. The summed E-state index contributed by atoms with van der Waals surface area (Å²) in [7, 11) is 0. The predicted molar refractivity (Wildman–Crippen MR) is 80.0 cm³/mol. The molecular weight excluding hydrogens is 252 g/mol. The summed E-state index contributed by atoms with van der Waals surface area (Å²) >= 11 is 0. The van der Waals surface area contributed by atoms with Gasteiger partial charge >= 0.3 is 0 Å². The van der Waals surface area contributed by atoms with Gasteiger partial charge in [-0.05, 0) is 37.5 Å². The van der Waals surface area contributed by atoms with Crippen molar-refractivity contribution in [2.75, 3.05) is 5.43 Å². The zero-order valence-electron chi connectivity index (χ0n) is 12.9. The Morgan fingerprint density at radius 3 is 2.80 bits per heavy atom. The van der Waals surface area contributed by atoms with Gasteiger partial charge in [-0.3, -0.25) is 0 Å². The molecule has 5 heteroatoms. The Labute approximate surface area is 121 Å². The predicted octanol–water partition coefficient (Wildman–Crippen LogP) is 2.80. The monoisotopic (exact) mass is 278 g/mol. The second-order valence-corrected chi connectivity index (χ2v) is 6.80. The van der Waals surface area contributed by atoms with Crippen molar-refractivity contribution in [3.8, 4) is 0 Å². The summed E-state index contributed by atoms with van der Waals surface area (Å²) in [4.78, 5) is 8.71. The van der Waals surface area contributed by atoms with Crippen LogP contribution in [0.2, 0.25) is 0 Å². The highest BCUT2D eigenvalue weighted by molar-refractivity contribution is 5.33. The van der Waals surface area contributed by atoms with Crippen LogP contribution in [0.3, 0.4) is 0 Å². The van der Waals surface area contributed by atoms with Crippen molar-refractivity contribution >= 4 is 5.82 Å². The SMILES string of the molecule is Cc1cc(NN)nc(COC2CC(C)CC(C)(C)C2)n1. The summed E-state index contributed by atoms with van der Waals surface area (Å²) < 4.78 is 6.04. The largest absolute Gasteiger partial charge is 0.370 e. The standard InChI is InChI=1S/C15H26N4O/c1-10-5-12(8-15(3,4)7-10)20-9-14-17-11(2)6-13(18-14)19-16/h6,10,12H,5,7-9,16H2,1-4H3,(H,17,18,19). The second-order valence-electron chi connectivity index (χ2n) is 6.80. The van der Waals surface area contributed by atoms with E-state index in [9.17, 15) is 0 Å². The molecule has 1 heterocycles. The molecule has 2 atom stereocenters. The highest BCUT2D eigenvalue weighted by atomic mass is 16.5. The number of aryl methyl sites for hydroxylation is 1. The van der Waals surface area contributed by atoms with E-state index in [0.29, 0.717) is 35.7 Å². The summed E-state index contributed by atoms with van der Waals surface area (Å²) in [5.74, 6) is 7.43. The van der Waals surface area contributed by atoms with Crippen molar-refractivity contribution in [3.05, 3.63) is 17.6 Å². The minimum absolute atomic E-state index is 0.298. The number of rotatable bonds is 4. The van der Waals surface area contributed by atoms with Crippen LogP contribution in [0.25, 0.3) is 0 Å². The molecule has 0 aliphatic heterocycles. The van der Waals surface area contributed by atoms with Gasteiger partial charge in [-0.1, -0.05) is 20.8 Å². The molecule has 1 aliphatic carbocycles. The maximum Gasteiger partial charge on any atom is 0.156 e. The molecule has 3 N–H and O–H groups in total. The van der Waals surface area contributed by atoms with Crippen molar-refractivity contribution in [1.29, 1.82) is 0 Å². The number of nitrogens with zero attached hydrogens (tertiary/aromatic N) is 2. The van der Waals surface area contributed by atoms with Crippen LogP contribution < -0.4 is 11.3 Å². The van der Waals surface area contributed by atoms with Crippen LogP contribution in [-0.4, -0.2) is 16.1 Å². The molecule has 1 saturated carbocycles. The number of hydrogen-bond acceptors (Lipinski definition) is 5. The third kappa shape index (κ3) is 4.15. The maximum atomic E-state index is 6.04. The molecule has 1 fully saturated rings. The fourth-order valence-electron chi connectivity index (χ4n) is 3.35. The molecule has 0 spiro atoms. The van der Waals surface area contributed by atoms with Crippen LogP contribution in [0, 0.1) is 18.3 Å². The normalized spacial score (nSPS) is 25.4. The molecule has 1 aliphatic rings. The Morgan fingerprint density at radius 2 is 2.15 bits per heavy atom. The van der Waals surface area contributed by atoms with Crippen LogP contribution in [0.1, 0.15) is 51.6 Å². The van der Waals surface area contributed by atoms with Gasteiger partial charge in [0.1, 0.15) is 12.4 Å². The van der Waals surface area contributed by atoms with Crippen molar-refractivity contribution < 1.29 is 4.74 Å². The van der Waals surface area contributed by atoms with Gasteiger partial charge in [-0.25, -0.2) is 15.8 Å². The first-order valence-electron chi connectivity index (χ1n) is 7.31. The summed E-state index contributed by atoms with van der Waals surface area (Å²) in [6.45, 7) is 9.32. The summed E-state index contributed by atoms with van der Waals surface area (Å²) in [5.41, 5.74) is 3.81. The molecule has 20 heavy (non-hydrogen) atoms. The second kappa shape index (κ2) is 6.06. The molecule has 5 nitrogen and oxygen atoms in total. The Kier molecular flexibility index (Phi) is 4.60. The number of ether oxygens (including phenoxy) is 1. The fraction of sp³-hybridized carbons (Fsp3) is 0.733. The number of nitrogen functional groups attached to an aromatic ring is 1. The first-order valence-corrected chi connectivity index (χ1v) is 7.31. The van der Waals surface area contributed by atoms with E-state index in [1.165, 1.54) is 6.42 Å². The highest BCUT2D eigenvalue weighted by Gasteiger charge is 2.32. The summed E-state index contributed by atoms with van der Waals surface area (Å²) in [5, 5.41) is 0. The van der Waals surface area contributed by atoms with Crippen molar-refractivity contribution in [2.24, 2.45) is 17.2 Å². The maximum absolute atomic E-state index is 6.04. The molecule has 2 rings (SSSR count). The number of hydrazine groups is 1. The number of anilines is 1. The van der Waals surface area contributed by atoms with Gasteiger partial charge < -0.3 is 10.2 Å². The van der Waals surface area contributed by atoms with E-state index in [0.717, 1.165) is 18.5 Å². The molecule has 1 aromatic rings. The average Bonchev–Trinajstić information content (AvgIpc) is 2.33. The number of hydrogen-bond donors (Lipinski definition) is 2. The lowest BCUT2D eigenvalue weighted by molar-refractivity contribution is -0.0338. The van der Waals surface area contributed by atoms with Gasteiger partial charge in [0.05, 0.1) is 6.10 Å². The first kappa shape index (κ1) is 15.2. The van der Waals surface area contributed by atoms with Crippen molar-refractivity contribution in [1.82, 2.24) is 9.97 Å². The van der Waals surface area contributed by atoms with Gasteiger partial charge in [0.15, 0.2) is 5.82 Å².